The molecule has 1 amide bonds. The first-order valence-electron chi connectivity index (χ1n) is 10.3. The van der Waals surface area contributed by atoms with Gasteiger partial charge < -0.3 is 9.32 Å². The molecular formula is C20H29N3O5S. The average Bonchev–Trinajstić information content (AvgIpc) is 3.34. The molecular weight excluding hydrogens is 394 g/mol. The highest BCUT2D eigenvalue weighted by molar-refractivity contribution is 7.89. The van der Waals surface area contributed by atoms with Crippen LogP contribution in [0.3, 0.4) is 0 Å². The van der Waals surface area contributed by atoms with E-state index in [4.69, 9.17) is 4.42 Å². The fourth-order valence-electron chi connectivity index (χ4n) is 3.67. The Morgan fingerprint density at radius 2 is 1.93 bits per heavy atom. The van der Waals surface area contributed by atoms with Gasteiger partial charge in [0.2, 0.25) is 15.9 Å². The van der Waals surface area contributed by atoms with Gasteiger partial charge in [0.15, 0.2) is 5.58 Å². The van der Waals surface area contributed by atoms with Crippen LogP contribution in [0, 0.1) is 0 Å². The largest absolute Gasteiger partial charge is 0.419 e. The second-order valence-electron chi connectivity index (χ2n) is 7.34. The van der Waals surface area contributed by atoms with Gasteiger partial charge in [-0.25, -0.2) is 13.2 Å². The molecule has 1 saturated heterocycles. The van der Waals surface area contributed by atoms with Crippen molar-refractivity contribution in [1.82, 2.24) is 13.8 Å². The molecule has 8 nitrogen and oxygen atoms in total. The van der Waals surface area contributed by atoms with E-state index >= 15 is 0 Å². The van der Waals surface area contributed by atoms with Gasteiger partial charge in [-0.2, -0.15) is 4.31 Å². The Balaban J connectivity index is 1.79. The summed E-state index contributed by atoms with van der Waals surface area (Å²) in [5.74, 6) is -0.587. The molecule has 0 aliphatic carbocycles. The van der Waals surface area contributed by atoms with Crippen molar-refractivity contribution >= 4 is 27.0 Å². The van der Waals surface area contributed by atoms with Crippen molar-refractivity contribution in [2.75, 3.05) is 26.2 Å². The molecule has 0 bridgehead atoms. The monoisotopic (exact) mass is 423 g/mol. The first-order valence-corrected chi connectivity index (χ1v) is 11.7. The number of rotatable bonds is 9. The minimum Gasteiger partial charge on any atom is -0.408 e. The van der Waals surface area contributed by atoms with E-state index < -0.39 is 15.8 Å². The molecule has 0 spiro atoms. The first-order chi connectivity index (χ1) is 13.9. The molecule has 9 heteroatoms. The van der Waals surface area contributed by atoms with Crippen LogP contribution in [-0.2, 0) is 21.4 Å². The summed E-state index contributed by atoms with van der Waals surface area (Å²) < 4.78 is 33.6. The number of hydrogen-bond acceptors (Lipinski definition) is 5. The molecule has 2 heterocycles. The molecule has 1 aliphatic heterocycles. The Bertz CT molecular complexity index is 1020. The molecule has 0 saturated carbocycles. The molecule has 0 radical (unpaired) electrons. The van der Waals surface area contributed by atoms with Crippen molar-refractivity contribution < 1.29 is 17.6 Å². The summed E-state index contributed by atoms with van der Waals surface area (Å²) >= 11 is 0. The molecule has 3 rings (SSSR count). The van der Waals surface area contributed by atoms with Gasteiger partial charge in [-0.1, -0.05) is 13.3 Å². The summed E-state index contributed by atoms with van der Waals surface area (Å²) in [5.41, 5.74) is 0.723. The van der Waals surface area contributed by atoms with E-state index in [0.717, 1.165) is 25.7 Å². The van der Waals surface area contributed by atoms with Gasteiger partial charge in [0, 0.05) is 45.2 Å². The van der Waals surface area contributed by atoms with Gasteiger partial charge in [-0.15, -0.1) is 0 Å². The molecule has 1 fully saturated rings. The lowest BCUT2D eigenvalue weighted by atomic mass is 10.2. The SMILES string of the molecule is CCCCN(CC)C(=O)CCn1c(=O)oc2cc(S(=O)(=O)N3CCCC3)ccc21. The van der Waals surface area contributed by atoms with Crippen molar-refractivity contribution in [3.05, 3.63) is 28.7 Å². The number of carbonyl (C=O) groups excluding carboxylic acids is 1. The third-order valence-electron chi connectivity index (χ3n) is 5.41. The van der Waals surface area contributed by atoms with Gasteiger partial charge in [0.05, 0.1) is 10.4 Å². The van der Waals surface area contributed by atoms with Crippen LogP contribution in [0.1, 0.15) is 46.0 Å². The Hall–Kier alpha value is -2.13. The summed E-state index contributed by atoms with van der Waals surface area (Å²) in [4.78, 5) is 26.7. The maximum Gasteiger partial charge on any atom is 0.419 e. The van der Waals surface area contributed by atoms with Crippen molar-refractivity contribution in [3.8, 4) is 0 Å². The Morgan fingerprint density at radius 3 is 2.59 bits per heavy atom. The number of oxazole rings is 1. The standard InChI is InChI=1S/C20H29N3O5S/c1-3-5-11-21(4-2)19(24)10-14-23-17-9-8-16(15-18(17)28-20(23)25)29(26,27)22-12-6-7-13-22/h8-9,15H,3-7,10-14H2,1-2H3. The van der Waals surface area contributed by atoms with Gasteiger partial charge in [0.1, 0.15) is 0 Å². The van der Waals surface area contributed by atoms with Crippen molar-refractivity contribution in [2.45, 2.75) is 57.4 Å². The minimum atomic E-state index is -3.58. The van der Waals surface area contributed by atoms with E-state index in [1.54, 1.807) is 11.0 Å². The number of sulfonamides is 1. The summed E-state index contributed by atoms with van der Waals surface area (Å²) in [6.45, 7) is 6.59. The fraction of sp³-hybridized carbons (Fsp3) is 0.600. The number of benzene rings is 1. The molecule has 1 aromatic heterocycles. The van der Waals surface area contributed by atoms with Crippen LogP contribution in [-0.4, -0.2) is 54.3 Å². The summed E-state index contributed by atoms with van der Waals surface area (Å²) in [5, 5.41) is 0. The molecule has 0 atom stereocenters. The highest BCUT2D eigenvalue weighted by atomic mass is 32.2. The molecule has 29 heavy (non-hydrogen) atoms. The molecule has 0 unspecified atom stereocenters. The van der Waals surface area contributed by atoms with Crippen LogP contribution in [0.25, 0.3) is 11.1 Å². The maximum atomic E-state index is 12.7. The number of fused-ring (bicyclic) bond motifs is 1. The maximum absolute atomic E-state index is 12.7. The second kappa shape index (κ2) is 9.13. The highest BCUT2D eigenvalue weighted by Gasteiger charge is 2.28. The second-order valence-corrected chi connectivity index (χ2v) is 9.28. The lowest BCUT2D eigenvalue weighted by molar-refractivity contribution is -0.131. The average molecular weight is 424 g/mol. The van der Waals surface area contributed by atoms with Crippen LogP contribution >= 0.6 is 0 Å². The third kappa shape index (κ3) is 4.56. The van der Waals surface area contributed by atoms with Gasteiger partial charge in [-0.05, 0) is 38.3 Å². The van der Waals surface area contributed by atoms with E-state index in [0.29, 0.717) is 31.7 Å². The Labute approximate surface area is 171 Å². The first kappa shape index (κ1) is 21.6. The fourth-order valence-corrected chi connectivity index (χ4v) is 5.20. The number of carbonyl (C=O) groups is 1. The van der Waals surface area contributed by atoms with Crippen molar-refractivity contribution in [2.24, 2.45) is 0 Å². The van der Waals surface area contributed by atoms with E-state index in [-0.39, 0.29) is 29.4 Å². The van der Waals surface area contributed by atoms with Gasteiger partial charge >= 0.3 is 5.76 Å². The van der Waals surface area contributed by atoms with Crippen LogP contribution < -0.4 is 5.76 Å². The number of hydrogen-bond donors (Lipinski definition) is 0. The number of aromatic nitrogens is 1. The highest BCUT2D eigenvalue weighted by Crippen LogP contribution is 2.24. The number of amides is 1. The smallest absolute Gasteiger partial charge is 0.408 e. The van der Waals surface area contributed by atoms with E-state index in [9.17, 15) is 18.0 Å². The normalized spacial score (nSPS) is 15.2. The van der Waals surface area contributed by atoms with Crippen LogP contribution in [0.4, 0.5) is 0 Å². The predicted octanol–water partition coefficient (Wildman–Crippen LogP) is 2.42. The van der Waals surface area contributed by atoms with Crippen LogP contribution in [0.15, 0.2) is 32.3 Å². The van der Waals surface area contributed by atoms with E-state index in [1.807, 2.05) is 6.92 Å². The van der Waals surface area contributed by atoms with E-state index in [1.165, 1.54) is 21.0 Å². The van der Waals surface area contributed by atoms with Crippen LogP contribution in [0.2, 0.25) is 0 Å². The molecule has 1 aliphatic rings. The topological polar surface area (TPSA) is 92.8 Å². The Kier molecular flexibility index (Phi) is 6.79. The number of unbranched alkanes of at least 4 members (excludes halogenated alkanes) is 1. The van der Waals surface area contributed by atoms with Crippen molar-refractivity contribution in [1.29, 1.82) is 0 Å². The summed E-state index contributed by atoms with van der Waals surface area (Å²) in [6, 6.07) is 4.49. The number of aryl methyl sites for hydroxylation is 1. The zero-order valence-electron chi connectivity index (χ0n) is 17.1. The summed E-state index contributed by atoms with van der Waals surface area (Å²) in [6.07, 6.45) is 3.86. The van der Waals surface area contributed by atoms with E-state index in [2.05, 4.69) is 6.92 Å². The lowest BCUT2D eigenvalue weighted by Gasteiger charge is -2.20. The quantitative estimate of drug-likeness (QED) is 0.618. The minimum absolute atomic E-state index is 0.00423. The molecule has 2 aromatic rings. The van der Waals surface area contributed by atoms with Gasteiger partial charge in [-0.3, -0.25) is 9.36 Å². The third-order valence-corrected chi connectivity index (χ3v) is 7.30. The zero-order valence-corrected chi connectivity index (χ0v) is 17.9. The predicted molar refractivity (Wildman–Crippen MR) is 110 cm³/mol. The molecule has 1 aromatic carbocycles. The number of nitrogens with zero attached hydrogens (tertiary/aromatic N) is 3. The molecule has 0 N–H and O–H groups in total. The van der Waals surface area contributed by atoms with Crippen molar-refractivity contribution in [3.63, 3.8) is 0 Å². The zero-order chi connectivity index (χ0) is 21.0. The Morgan fingerprint density at radius 1 is 1.21 bits per heavy atom. The summed E-state index contributed by atoms with van der Waals surface area (Å²) in [7, 11) is -3.58. The van der Waals surface area contributed by atoms with Gasteiger partial charge in [0.25, 0.3) is 0 Å². The lowest BCUT2D eigenvalue weighted by Crippen LogP contribution is -2.33. The molecule has 160 valence electrons. The van der Waals surface area contributed by atoms with Crippen LogP contribution in [0.5, 0.6) is 0 Å².